The first-order valence-electron chi connectivity index (χ1n) is 11.7. The number of carbonyl (C=O) groups excluding carboxylic acids is 1. The number of benzene rings is 1. The lowest BCUT2D eigenvalue weighted by molar-refractivity contribution is -0.134. The first-order valence-corrected chi connectivity index (χ1v) is 14.0. The zero-order valence-corrected chi connectivity index (χ0v) is 21.5. The summed E-state index contributed by atoms with van der Waals surface area (Å²) in [5, 5.41) is 12.2. The number of piperidine rings is 1. The molecule has 0 spiro atoms. The number of rotatable bonds is 8. The van der Waals surface area contributed by atoms with Crippen molar-refractivity contribution in [3.05, 3.63) is 58.7 Å². The molecule has 1 fully saturated rings. The van der Waals surface area contributed by atoms with Crippen LogP contribution >= 0.6 is 11.3 Å². The molecule has 3 heterocycles. The van der Waals surface area contributed by atoms with E-state index in [2.05, 4.69) is 22.7 Å². The standard InChI is InChI=1S/C25H29N5O3S2/c1-18-9-13-30(14-10-18)25(31)23(11-15-29-12-3-4-21(29)16-26)28-35(32,33)22-7-5-20(6-8-22)24-17-34-19(2)27-24/h3-8,12,17-18,23,28H,9-11,13-15H2,1-2H3. The third-order valence-electron chi connectivity index (χ3n) is 6.37. The van der Waals surface area contributed by atoms with Crippen LogP contribution in [0.4, 0.5) is 0 Å². The second kappa shape index (κ2) is 10.7. The van der Waals surface area contributed by atoms with E-state index in [9.17, 15) is 18.5 Å². The predicted octanol–water partition coefficient (Wildman–Crippen LogP) is 3.79. The van der Waals surface area contributed by atoms with E-state index >= 15 is 0 Å². The number of sulfonamides is 1. The lowest BCUT2D eigenvalue weighted by Gasteiger charge is -2.33. The summed E-state index contributed by atoms with van der Waals surface area (Å²) in [5.74, 6) is 0.327. The lowest BCUT2D eigenvalue weighted by atomic mass is 9.98. The number of thiazole rings is 1. The van der Waals surface area contributed by atoms with E-state index in [0.717, 1.165) is 29.1 Å². The average Bonchev–Trinajstić information content (AvgIpc) is 3.50. The van der Waals surface area contributed by atoms with Crippen molar-refractivity contribution in [1.29, 1.82) is 5.26 Å². The maximum Gasteiger partial charge on any atom is 0.241 e. The number of hydrogen-bond donors (Lipinski definition) is 1. The Kier molecular flexibility index (Phi) is 7.69. The molecule has 35 heavy (non-hydrogen) atoms. The van der Waals surface area contributed by atoms with Gasteiger partial charge in [0.25, 0.3) is 0 Å². The van der Waals surface area contributed by atoms with Crippen LogP contribution in [0, 0.1) is 24.2 Å². The molecule has 1 N–H and O–H groups in total. The van der Waals surface area contributed by atoms with E-state index in [0.29, 0.717) is 31.2 Å². The third kappa shape index (κ3) is 5.99. The molecule has 4 rings (SSSR count). The molecular weight excluding hydrogens is 482 g/mol. The highest BCUT2D eigenvalue weighted by molar-refractivity contribution is 7.89. The summed E-state index contributed by atoms with van der Waals surface area (Å²) < 4.78 is 30.9. The van der Waals surface area contributed by atoms with E-state index in [1.807, 2.05) is 12.3 Å². The molecular formula is C25H29N5O3S2. The Morgan fingerprint density at radius 1 is 1.26 bits per heavy atom. The van der Waals surface area contributed by atoms with Crippen molar-refractivity contribution in [2.75, 3.05) is 13.1 Å². The summed E-state index contributed by atoms with van der Waals surface area (Å²) in [5.41, 5.74) is 2.11. The van der Waals surface area contributed by atoms with Crippen molar-refractivity contribution < 1.29 is 13.2 Å². The summed E-state index contributed by atoms with van der Waals surface area (Å²) >= 11 is 1.54. The number of carbonyl (C=O) groups is 1. The van der Waals surface area contributed by atoms with E-state index < -0.39 is 16.1 Å². The highest BCUT2D eigenvalue weighted by atomic mass is 32.2. The SMILES string of the molecule is Cc1nc(-c2ccc(S(=O)(=O)NC(CCn3cccc3C#N)C(=O)N3CCC(C)CC3)cc2)cs1. The predicted molar refractivity (Wildman–Crippen MR) is 135 cm³/mol. The van der Waals surface area contributed by atoms with Crippen molar-refractivity contribution >= 4 is 27.3 Å². The molecule has 1 aliphatic heterocycles. The first kappa shape index (κ1) is 25.1. The molecule has 0 bridgehead atoms. The maximum atomic E-state index is 13.4. The molecule has 0 saturated carbocycles. The largest absolute Gasteiger partial charge is 0.341 e. The highest BCUT2D eigenvalue weighted by Gasteiger charge is 2.31. The number of nitrogens with zero attached hydrogens (tertiary/aromatic N) is 4. The number of likely N-dealkylation sites (tertiary alicyclic amines) is 1. The van der Waals surface area contributed by atoms with Crippen molar-refractivity contribution in [2.24, 2.45) is 5.92 Å². The van der Waals surface area contributed by atoms with Gasteiger partial charge in [0.15, 0.2) is 0 Å². The van der Waals surface area contributed by atoms with Gasteiger partial charge in [0.1, 0.15) is 17.8 Å². The van der Waals surface area contributed by atoms with Crippen LogP contribution in [-0.2, 0) is 21.4 Å². The van der Waals surface area contributed by atoms with Gasteiger partial charge >= 0.3 is 0 Å². The van der Waals surface area contributed by atoms with Gasteiger partial charge in [-0.05, 0) is 56.4 Å². The second-order valence-corrected chi connectivity index (χ2v) is 11.7. The summed E-state index contributed by atoms with van der Waals surface area (Å²) in [6.07, 6.45) is 3.80. The minimum Gasteiger partial charge on any atom is -0.341 e. The Morgan fingerprint density at radius 2 is 1.97 bits per heavy atom. The number of aryl methyl sites for hydroxylation is 2. The number of aromatic nitrogens is 2. The molecule has 10 heteroatoms. The molecule has 1 saturated heterocycles. The number of nitrogens with one attached hydrogen (secondary N) is 1. The van der Waals surface area contributed by atoms with Crippen molar-refractivity contribution in [3.8, 4) is 17.3 Å². The Morgan fingerprint density at radius 3 is 2.60 bits per heavy atom. The zero-order valence-electron chi connectivity index (χ0n) is 19.8. The molecule has 184 valence electrons. The topological polar surface area (TPSA) is 108 Å². The minimum absolute atomic E-state index is 0.0944. The number of nitriles is 1. The molecule has 1 atom stereocenters. The van der Waals surface area contributed by atoms with Crippen molar-refractivity contribution in [1.82, 2.24) is 19.2 Å². The fraction of sp³-hybridized carbons (Fsp3) is 0.400. The van der Waals surface area contributed by atoms with E-state index in [1.165, 1.54) is 23.5 Å². The molecule has 3 aromatic rings. The van der Waals surface area contributed by atoms with E-state index in [-0.39, 0.29) is 17.2 Å². The van der Waals surface area contributed by atoms with Gasteiger partial charge in [-0.25, -0.2) is 13.4 Å². The molecule has 0 radical (unpaired) electrons. The van der Waals surface area contributed by atoms with Crippen LogP contribution in [0.15, 0.2) is 52.9 Å². The van der Waals surface area contributed by atoms with Crippen LogP contribution in [0.5, 0.6) is 0 Å². The van der Waals surface area contributed by atoms with E-state index in [4.69, 9.17) is 0 Å². The number of amides is 1. The Hall–Kier alpha value is -3.00. The average molecular weight is 512 g/mol. The van der Waals surface area contributed by atoms with Gasteiger partial charge in [-0.15, -0.1) is 11.3 Å². The van der Waals surface area contributed by atoms with Crippen LogP contribution in [0.3, 0.4) is 0 Å². The summed E-state index contributed by atoms with van der Waals surface area (Å²) in [4.78, 5) is 19.7. The van der Waals surface area contributed by atoms with Gasteiger partial charge in [-0.3, -0.25) is 4.79 Å². The zero-order chi connectivity index (χ0) is 25.0. The van der Waals surface area contributed by atoms with Crippen LogP contribution in [0.25, 0.3) is 11.3 Å². The van der Waals surface area contributed by atoms with Crippen molar-refractivity contribution in [3.63, 3.8) is 0 Å². The molecule has 2 aromatic heterocycles. The monoisotopic (exact) mass is 511 g/mol. The maximum absolute atomic E-state index is 13.4. The lowest BCUT2D eigenvalue weighted by Crippen LogP contribution is -2.50. The van der Waals surface area contributed by atoms with Gasteiger partial charge in [-0.1, -0.05) is 19.1 Å². The Bertz CT molecular complexity index is 1310. The van der Waals surface area contributed by atoms with E-state index in [1.54, 1.807) is 39.9 Å². The van der Waals surface area contributed by atoms with Crippen LogP contribution < -0.4 is 4.72 Å². The van der Waals surface area contributed by atoms with Crippen LogP contribution in [0.1, 0.15) is 36.9 Å². The van der Waals surface area contributed by atoms with Crippen LogP contribution in [-0.4, -0.2) is 47.9 Å². The minimum atomic E-state index is -3.94. The Balaban J connectivity index is 1.53. The fourth-order valence-electron chi connectivity index (χ4n) is 4.22. The van der Waals surface area contributed by atoms with Gasteiger partial charge in [0, 0.05) is 36.8 Å². The summed E-state index contributed by atoms with van der Waals surface area (Å²) in [7, 11) is -3.94. The first-order chi connectivity index (χ1) is 16.8. The van der Waals surface area contributed by atoms with Crippen LogP contribution in [0.2, 0.25) is 0 Å². The molecule has 0 aliphatic carbocycles. The van der Waals surface area contributed by atoms with Gasteiger partial charge in [0.05, 0.1) is 15.6 Å². The summed E-state index contributed by atoms with van der Waals surface area (Å²) in [6.45, 7) is 5.67. The second-order valence-electron chi connectivity index (χ2n) is 8.95. The molecule has 1 aliphatic rings. The normalized spacial score (nSPS) is 15.6. The molecule has 1 amide bonds. The van der Waals surface area contributed by atoms with Gasteiger partial charge in [-0.2, -0.15) is 9.98 Å². The number of hydrogen-bond acceptors (Lipinski definition) is 6. The summed E-state index contributed by atoms with van der Waals surface area (Å²) in [6, 6.07) is 11.2. The van der Waals surface area contributed by atoms with Gasteiger partial charge in [0.2, 0.25) is 15.9 Å². The molecule has 1 unspecified atom stereocenters. The third-order valence-corrected chi connectivity index (χ3v) is 8.63. The quantitative estimate of drug-likeness (QED) is 0.495. The van der Waals surface area contributed by atoms with Gasteiger partial charge < -0.3 is 9.47 Å². The van der Waals surface area contributed by atoms with Crippen molar-refractivity contribution in [2.45, 2.75) is 50.6 Å². The molecule has 1 aromatic carbocycles. The highest BCUT2D eigenvalue weighted by Crippen LogP contribution is 2.24. The molecule has 8 nitrogen and oxygen atoms in total. The Labute approximate surface area is 210 Å². The smallest absolute Gasteiger partial charge is 0.241 e. The fourth-order valence-corrected chi connectivity index (χ4v) is 6.06.